The topological polar surface area (TPSA) is 51.2 Å². The number of ether oxygens (including phenoxy) is 1. The van der Waals surface area contributed by atoms with Gasteiger partial charge < -0.3 is 10.1 Å². The molecule has 1 fully saturated rings. The first-order valence-corrected chi connectivity index (χ1v) is 6.66. The maximum Gasteiger partial charge on any atom is 0.339 e. The molecule has 1 N–H and O–H groups in total. The number of carbonyl (C=O) groups excluding carboxylic acids is 1. The van der Waals surface area contributed by atoms with Crippen LogP contribution in [-0.2, 0) is 4.74 Å². The van der Waals surface area contributed by atoms with Gasteiger partial charge in [0.2, 0.25) is 0 Å². The highest BCUT2D eigenvalue weighted by atomic mass is 16.5. The van der Waals surface area contributed by atoms with Gasteiger partial charge in [0, 0.05) is 12.7 Å². The monoisotopic (exact) mass is 248 g/mol. The number of esters is 1. The molecule has 0 amide bonds. The van der Waals surface area contributed by atoms with Crippen molar-refractivity contribution in [2.45, 2.75) is 32.6 Å². The third-order valence-corrected chi connectivity index (χ3v) is 3.36. The fourth-order valence-electron chi connectivity index (χ4n) is 2.02. The number of pyridine rings is 1. The first kappa shape index (κ1) is 12.9. The molecule has 0 aliphatic heterocycles. The van der Waals surface area contributed by atoms with Crippen LogP contribution < -0.4 is 5.32 Å². The van der Waals surface area contributed by atoms with Crippen molar-refractivity contribution in [2.75, 3.05) is 18.5 Å². The number of hydrogen-bond acceptors (Lipinski definition) is 4. The van der Waals surface area contributed by atoms with Crippen molar-refractivity contribution < 1.29 is 9.53 Å². The molecule has 0 radical (unpaired) electrons. The van der Waals surface area contributed by atoms with Gasteiger partial charge in [-0.1, -0.05) is 19.3 Å². The van der Waals surface area contributed by atoms with Crippen LogP contribution in [0.3, 0.4) is 0 Å². The minimum Gasteiger partial charge on any atom is -0.462 e. The Morgan fingerprint density at radius 1 is 1.50 bits per heavy atom. The Kier molecular flexibility index (Phi) is 4.56. The largest absolute Gasteiger partial charge is 0.462 e. The number of nitrogens with zero attached hydrogens (tertiary/aromatic N) is 1. The maximum absolute atomic E-state index is 11.4. The molecule has 1 aromatic rings. The van der Waals surface area contributed by atoms with Gasteiger partial charge in [0.05, 0.1) is 12.2 Å². The van der Waals surface area contributed by atoms with E-state index in [1.807, 2.05) is 6.07 Å². The molecular weight excluding hydrogens is 228 g/mol. The van der Waals surface area contributed by atoms with Crippen LogP contribution in [0.2, 0.25) is 0 Å². The second-order valence-electron chi connectivity index (χ2n) is 4.66. The Morgan fingerprint density at radius 2 is 2.33 bits per heavy atom. The lowest BCUT2D eigenvalue weighted by molar-refractivity contribution is 0.0526. The van der Waals surface area contributed by atoms with Gasteiger partial charge in [-0.15, -0.1) is 0 Å². The third kappa shape index (κ3) is 3.45. The van der Waals surface area contributed by atoms with Gasteiger partial charge in [-0.3, -0.25) is 0 Å². The van der Waals surface area contributed by atoms with E-state index in [1.165, 1.54) is 25.7 Å². The van der Waals surface area contributed by atoms with Crippen molar-refractivity contribution in [2.24, 2.45) is 5.92 Å². The number of hydrogen-bond donors (Lipinski definition) is 1. The van der Waals surface area contributed by atoms with E-state index < -0.39 is 0 Å². The molecule has 0 saturated heterocycles. The molecule has 0 aromatic carbocycles. The van der Waals surface area contributed by atoms with Crippen LogP contribution in [0.25, 0.3) is 0 Å². The smallest absolute Gasteiger partial charge is 0.339 e. The highest BCUT2D eigenvalue weighted by Crippen LogP contribution is 2.29. The summed E-state index contributed by atoms with van der Waals surface area (Å²) in [5, 5.41) is 3.28. The van der Waals surface area contributed by atoms with Gasteiger partial charge in [-0.05, 0) is 31.4 Å². The zero-order valence-corrected chi connectivity index (χ0v) is 10.8. The molecule has 0 bridgehead atoms. The summed E-state index contributed by atoms with van der Waals surface area (Å²) < 4.78 is 4.90. The maximum atomic E-state index is 11.4. The molecule has 1 aliphatic carbocycles. The quantitative estimate of drug-likeness (QED) is 0.786. The number of anilines is 1. The van der Waals surface area contributed by atoms with Gasteiger partial charge in [-0.2, -0.15) is 0 Å². The average molecular weight is 248 g/mol. The van der Waals surface area contributed by atoms with Gasteiger partial charge >= 0.3 is 5.97 Å². The van der Waals surface area contributed by atoms with Gasteiger partial charge in [0.1, 0.15) is 5.82 Å². The van der Waals surface area contributed by atoms with Crippen molar-refractivity contribution in [3.05, 3.63) is 23.9 Å². The lowest BCUT2D eigenvalue weighted by atomic mass is 9.83. The average Bonchev–Trinajstić information content (AvgIpc) is 2.33. The van der Waals surface area contributed by atoms with Crippen LogP contribution in [0.1, 0.15) is 43.0 Å². The summed E-state index contributed by atoms with van der Waals surface area (Å²) in [6, 6.07) is 3.57. The molecule has 1 heterocycles. The van der Waals surface area contributed by atoms with E-state index >= 15 is 0 Å². The standard InChI is InChI=1S/C14H20N2O2/c1-2-18-14(17)12-6-7-13(16-10-12)15-9-8-11-4-3-5-11/h6-7,10-11H,2-5,8-9H2,1H3,(H,15,16). The molecular formula is C14H20N2O2. The normalized spacial score (nSPS) is 14.9. The Labute approximate surface area is 108 Å². The first-order chi connectivity index (χ1) is 8.79. The summed E-state index contributed by atoms with van der Waals surface area (Å²) in [5.74, 6) is 1.41. The van der Waals surface area contributed by atoms with E-state index in [9.17, 15) is 4.79 Å². The van der Waals surface area contributed by atoms with E-state index in [0.717, 1.165) is 18.3 Å². The molecule has 0 unspecified atom stereocenters. The zero-order valence-electron chi connectivity index (χ0n) is 10.8. The Bertz CT molecular complexity index is 385. The molecule has 4 nitrogen and oxygen atoms in total. The Morgan fingerprint density at radius 3 is 2.89 bits per heavy atom. The first-order valence-electron chi connectivity index (χ1n) is 6.66. The summed E-state index contributed by atoms with van der Waals surface area (Å²) in [5.41, 5.74) is 0.501. The Hall–Kier alpha value is -1.58. The number of carbonyl (C=O) groups is 1. The predicted octanol–water partition coefficient (Wildman–Crippen LogP) is 2.86. The van der Waals surface area contributed by atoms with Gasteiger partial charge in [-0.25, -0.2) is 9.78 Å². The van der Waals surface area contributed by atoms with Crippen molar-refractivity contribution in [3.8, 4) is 0 Å². The van der Waals surface area contributed by atoms with Crippen molar-refractivity contribution >= 4 is 11.8 Å². The van der Waals surface area contributed by atoms with Gasteiger partial charge in [0.15, 0.2) is 0 Å². The molecule has 18 heavy (non-hydrogen) atoms. The van der Waals surface area contributed by atoms with E-state index in [0.29, 0.717) is 12.2 Å². The second-order valence-corrected chi connectivity index (χ2v) is 4.66. The predicted molar refractivity (Wildman–Crippen MR) is 70.6 cm³/mol. The molecule has 0 atom stereocenters. The minimum atomic E-state index is -0.314. The van der Waals surface area contributed by atoms with Crippen molar-refractivity contribution in [3.63, 3.8) is 0 Å². The summed E-state index contributed by atoms with van der Waals surface area (Å²) in [6.07, 6.45) is 6.90. The third-order valence-electron chi connectivity index (χ3n) is 3.36. The van der Waals surface area contributed by atoms with E-state index in [4.69, 9.17) is 4.74 Å². The summed E-state index contributed by atoms with van der Waals surface area (Å²) in [7, 11) is 0. The van der Waals surface area contributed by atoms with E-state index in [1.54, 1.807) is 19.2 Å². The SMILES string of the molecule is CCOC(=O)c1ccc(NCCC2CCC2)nc1. The highest BCUT2D eigenvalue weighted by Gasteiger charge is 2.16. The molecule has 1 aliphatic rings. The summed E-state index contributed by atoms with van der Waals surface area (Å²) >= 11 is 0. The van der Waals surface area contributed by atoms with Crippen LogP contribution >= 0.6 is 0 Å². The van der Waals surface area contributed by atoms with Crippen molar-refractivity contribution in [1.29, 1.82) is 0 Å². The van der Waals surface area contributed by atoms with Crippen LogP contribution in [0, 0.1) is 5.92 Å². The molecule has 2 rings (SSSR count). The van der Waals surface area contributed by atoms with Crippen LogP contribution in [-0.4, -0.2) is 24.1 Å². The lowest BCUT2D eigenvalue weighted by Gasteiger charge is -2.25. The molecule has 1 aromatic heterocycles. The zero-order chi connectivity index (χ0) is 12.8. The van der Waals surface area contributed by atoms with Crippen LogP contribution in [0.5, 0.6) is 0 Å². The Balaban J connectivity index is 1.77. The number of aromatic nitrogens is 1. The number of nitrogens with one attached hydrogen (secondary N) is 1. The van der Waals surface area contributed by atoms with Gasteiger partial charge in [0.25, 0.3) is 0 Å². The lowest BCUT2D eigenvalue weighted by Crippen LogP contribution is -2.16. The number of rotatable bonds is 6. The summed E-state index contributed by atoms with van der Waals surface area (Å²) in [4.78, 5) is 15.6. The van der Waals surface area contributed by atoms with E-state index in [-0.39, 0.29) is 5.97 Å². The van der Waals surface area contributed by atoms with Crippen LogP contribution in [0.4, 0.5) is 5.82 Å². The molecule has 1 saturated carbocycles. The second kappa shape index (κ2) is 6.38. The minimum absolute atomic E-state index is 0.314. The van der Waals surface area contributed by atoms with Crippen LogP contribution in [0.15, 0.2) is 18.3 Å². The molecule has 4 heteroatoms. The molecule has 0 spiro atoms. The molecule has 98 valence electrons. The van der Waals surface area contributed by atoms with E-state index in [2.05, 4.69) is 10.3 Å². The van der Waals surface area contributed by atoms with Crippen molar-refractivity contribution in [1.82, 2.24) is 4.98 Å². The fourth-order valence-corrected chi connectivity index (χ4v) is 2.02. The fraction of sp³-hybridized carbons (Fsp3) is 0.571. The summed E-state index contributed by atoms with van der Waals surface area (Å²) in [6.45, 7) is 3.14. The highest BCUT2D eigenvalue weighted by molar-refractivity contribution is 5.89.